The van der Waals surface area contributed by atoms with E-state index in [0.29, 0.717) is 11.6 Å². The second-order valence-corrected chi connectivity index (χ2v) is 2.36. The van der Waals surface area contributed by atoms with Gasteiger partial charge in [0.1, 0.15) is 4.98 Å². The molecule has 0 saturated heterocycles. The Kier molecular flexibility index (Phi) is 2.24. The summed E-state index contributed by atoms with van der Waals surface area (Å²) in [4.78, 5) is 2.99. The highest BCUT2D eigenvalue weighted by Gasteiger charge is 1.97. The average Bonchev–Trinajstić information content (AvgIpc) is 1.95. The summed E-state index contributed by atoms with van der Waals surface area (Å²) < 4.78 is 0. The van der Waals surface area contributed by atoms with Crippen molar-refractivity contribution in [1.82, 2.24) is 0 Å². The Hall–Kier alpha value is -1.07. The van der Waals surface area contributed by atoms with E-state index in [0.717, 1.165) is 5.56 Å². The summed E-state index contributed by atoms with van der Waals surface area (Å²) in [5.41, 5.74) is 0.951. The van der Waals surface area contributed by atoms with Gasteiger partial charge in [-0.3, -0.25) is 0 Å². The lowest BCUT2D eigenvalue weighted by Crippen LogP contribution is -1.75. The molecule has 1 aromatic rings. The molecule has 0 fully saturated rings. The Labute approximate surface area is 64.1 Å². The third-order valence-electron chi connectivity index (χ3n) is 1.17. The summed E-state index contributed by atoms with van der Waals surface area (Å²) in [7, 11) is 0. The quantitative estimate of drug-likeness (QED) is 0.570. The molecular formula is C7H6ClN2+. The van der Waals surface area contributed by atoms with Crippen molar-refractivity contribution in [3.05, 3.63) is 39.8 Å². The highest BCUT2D eigenvalue weighted by atomic mass is 35.5. The van der Waals surface area contributed by atoms with Crippen LogP contribution in [0.3, 0.4) is 0 Å². The van der Waals surface area contributed by atoms with Gasteiger partial charge >= 0.3 is 6.54 Å². The molecule has 50 valence electrons. The molecule has 0 N–H and O–H groups in total. The third kappa shape index (κ3) is 1.71. The number of hydrogen-bond donors (Lipinski definition) is 0. The molecule has 1 rings (SSSR count). The first kappa shape index (κ1) is 7.04. The molecule has 0 spiro atoms. The number of rotatable bonds is 1. The van der Waals surface area contributed by atoms with Crippen LogP contribution in [0.4, 0.5) is 0 Å². The highest BCUT2D eigenvalue weighted by molar-refractivity contribution is 6.30. The van der Waals surface area contributed by atoms with E-state index in [9.17, 15) is 0 Å². The van der Waals surface area contributed by atoms with Gasteiger partial charge in [-0.05, 0) is 24.3 Å². The van der Waals surface area contributed by atoms with Crippen LogP contribution in [0.5, 0.6) is 0 Å². The SMILES string of the molecule is N#[N+]Cc1ccc(Cl)cc1. The first-order chi connectivity index (χ1) is 4.83. The summed E-state index contributed by atoms with van der Waals surface area (Å²) in [5.74, 6) is 0. The smallest absolute Gasteiger partial charge is 0.0843 e. The normalized spacial score (nSPS) is 8.80. The molecule has 3 heteroatoms. The molecule has 0 atom stereocenters. The second kappa shape index (κ2) is 3.19. The van der Waals surface area contributed by atoms with Crippen LogP contribution in [0.15, 0.2) is 24.3 Å². The Morgan fingerprint density at radius 3 is 2.40 bits per heavy atom. The maximum Gasteiger partial charge on any atom is 0.330 e. The average molecular weight is 154 g/mol. The first-order valence-corrected chi connectivity index (χ1v) is 3.26. The molecule has 10 heavy (non-hydrogen) atoms. The van der Waals surface area contributed by atoms with Crippen LogP contribution in [-0.2, 0) is 6.54 Å². The Balaban J connectivity index is 2.81. The third-order valence-corrected chi connectivity index (χ3v) is 1.42. The monoisotopic (exact) mass is 153 g/mol. The van der Waals surface area contributed by atoms with Crippen LogP contribution < -0.4 is 0 Å². The molecule has 0 aliphatic rings. The van der Waals surface area contributed by atoms with Crippen LogP contribution >= 0.6 is 11.6 Å². The fourth-order valence-corrected chi connectivity index (χ4v) is 0.797. The number of benzene rings is 1. The molecule has 0 aliphatic carbocycles. The van der Waals surface area contributed by atoms with Gasteiger partial charge in [0.25, 0.3) is 0 Å². The topological polar surface area (TPSA) is 28.1 Å². The van der Waals surface area contributed by atoms with Gasteiger partial charge in [-0.15, -0.1) is 0 Å². The fraction of sp³-hybridized carbons (Fsp3) is 0.143. The van der Waals surface area contributed by atoms with Crippen molar-refractivity contribution in [3.8, 4) is 0 Å². The van der Waals surface area contributed by atoms with E-state index >= 15 is 0 Å². The van der Waals surface area contributed by atoms with Crippen LogP contribution in [0, 0.1) is 5.39 Å². The number of diazo groups is 1. The summed E-state index contributed by atoms with van der Waals surface area (Å²) in [6.45, 7) is 0.331. The number of halogens is 1. The zero-order chi connectivity index (χ0) is 7.40. The summed E-state index contributed by atoms with van der Waals surface area (Å²) >= 11 is 5.62. The van der Waals surface area contributed by atoms with E-state index < -0.39 is 0 Å². The Bertz CT molecular complexity index is 247. The van der Waals surface area contributed by atoms with Gasteiger partial charge in [0.2, 0.25) is 5.39 Å². The molecule has 0 unspecified atom stereocenters. The Morgan fingerprint density at radius 1 is 1.30 bits per heavy atom. The van der Waals surface area contributed by atoms with Crippen molar-refractivity contribution in [1.29, 1.82) is 5.39 Å². The van der Waals surface area contributed by atoms with Crippen LogP contribution in [-0.4, -0.2) is 0 Å². The minimum absolute atomic E-state index is 0.331. The van der Waals surface area contributed by atoms with E-state index in [1.54, 1.807) is 12.1 Å². The molecule has 2 nitrogen and oxygen atoms in total. The maximum atomic E-state index is 8.18. The molecular weight excluding hydrogens is 148 g/mol. The van der Waals surface area contributed by atoms with E-state index in [1.165, 1.54) is 0 Å². The van der Waals surface area contributed by atoms with E-state index in [1.807, 2.05) is 12.1 Å². The molecule has 0 saturated carbocycles. The van der Waals surface area contributed by atoms with Gasteiger partial charge in [-0.25, -0.2) is 0 Å². The number of hydrogen-bond acceptors (Lipinski definition) is 1. The zero-order valence-electron chi connectivity index (χ0n) is 5.29. The standard InChI is InChI=1S/C7H6ClN2/c8-7-3-1-6(2-4-7)5-10-9/h1-4H,5H2/q+1. The predicted molar refractivity (Wildman–Crippen MR) is 40.2 cm³/mol. The highest BCUT2D eigenvalue weighted by Crippen LogP contribution is 2.09. The minimum atomic E-state index is 0.331. The Morgan fingerprint density at radius 2 is 1.90 bits per heavy atom. The van der Waals surface area contributed by atoms with Gasteiger partial charge < -0.3 is 0 Å². The van der Waals surface area contributed by atoms with Gasteiger partial charge in [0, 0.05) is 10.6 Å². The summed E-state index contributed by atoms with van der Waals surface area (Å²) in [6.07, 6.45) is 0. The number of nitrogens with zero attached hydrogens (tertiary/aromatic N) is 2. The molecule has 0 radical (unpaired) electrons. The van der Waals surface area contributed by atoms with Crippen LogP contribution in [0.1, 0.15) is 5.56 Å². The van der Waals surface area contributed by atoms with Crippen molar-refractivity contribution in [2.45, 2.75) is 6.54 Å². The largest absolute Gasteiger partial charge is 0.330 e. The van der Waals surface area contributed by atoms with Gasteiger partial charge in [0.15, 0.2) is 0 Å². The first-order valence-electron chi connectivity index (χ1n) is 2.88. The van der Waals surface area contributed by atoms with Crippen LogP contribution in [0.25, 0.3) is 4.98 Å². The fourth-order valence-electron chi connectivity index (χ4n) is 0.671. The predicted octanol–water partition coefficient (Wildman–Crippen LogP) is 2.69. The van der Waals surface area contributed by atoms with Crippen LogP contribution in [0.2, 0.25) is 5.02 Å². The summed E-state index contributed by atoms with van der Waals surface area (Å²) in [5, 5.41) is 8.88. The minimum Gasteiger partial charge on any atom is -0.0843 e. The zero-order valence-corrected chi connectivity index (χ0v) is 6.04. The second-order valence-electron chi connectivity index (χ2n) is 1.93. The van der Waals surface area contributed by atoms with Crippen molar-refractivity contribution in [2.75, 3.05) is 0 Å². The molecule has 1 aromatic carbocycles. The van der Waals surface area contributed by atoms with Crippen molar-refractivity contribution in [2.24, 2.45) is 0 Å². The molecule has 0 heterocycles. The lowest BCUT2D eigenvalue weighted by atomic mass is 10.2. The lowest BCUT2D eigenvalue weighted by molar-refractivity contribution is 1.19. The van der Waals surface area contributed by atoms with Crippen molar-refractivity contribution in [3.63, 3.8) is 0 Å². The molecule has 0 amide bonds. The van der Waals surface area contributed by atoms with Gasteiger partial charge in [-0.2, -0.15) is 0 Å². The van der Waals surface area contributed by atoms with Crippen molar-refractivity contribution >= 4 is 11.6 Å². The summed E-state index contributed by atoms with van der Waals surface area (Å²) in [6, 6.07) is 7.17. The van der Waals surface area contributed by atoms with E-state index in [-0.39, 0.29) is 0 Å². The molecule has 0 aliphatic heterocycles. The van der Waals surface area contributed by atoms with Gasteiger partial charge in [-0.1, -0.05) is 11.6 Å². The van der Waals surface area contributed by atoms with Gasteiger partial charge in [0.05, 0.1) is 0 Å². The molecule has 0 bridgehead atoms. The van der Waals surface area contributed by atoms with Crippen molar-refractivity contribution < 1.29 is 0 Å². The lowest BCUT2D eigenvalue weighted by Gasteiger charge is -1.87. The molecule has 0 aromatic heterocycles. The van der Waals surface area contributed by atoms with E-state index in [2.05, 4.69) is 4.98 Å². The maximum absolute atomic E-state index is 8.18. The van der Waals surface area contributed by atoms with E-state index in [4.69, 9.17) is 17.0 Å².